The molecule has 0 aliphatic heterocycles. The molecule has 0 radical (unpaired) electrons. The van der Waals surface area contributed by atoms with Gasteiger partial charge in [-0.1, -0.05) is 0 Å². The van der Waals surface area contributed by atoms with Gasteiger partial charge in [-0.2, -0.15) is 0 Å². The first kappa shape index (κ1) is 11.8. The lowest BCUT2D eigenvalue weighted by atomic mass is 10.1. The summed E-state index contributed by atoms with van der Waals surface area (Å²) >= 11 is 0. The van der Waals surface area contributed by atoms with E-state index in [1.807, 2.05) is 0 Å². The molecule has 6 nitrogen and oxygen atoms in total. The second-order valence-corrected chi connectivity index (χ2v) is 3.05. The van der Waals surface area contributed by atoms with Gasteiger partial charge in [-0.05, 0) is 19.1 Å². The van der Waals surface area contributed by atoms with E-state index in [1.165, 1.54) is 26.2 Å². The Morgan fingerprint density at radius 2 is 2.12 bits per heavy atom. The molecule has 0 saturated carbocycles. The van der Waals surface area contributed by atoms with Crippen LogP contribution in [0.25, 0.3) is 0 Å². The molecule has 0 unspecified atom stereocenters. The molecule has 1 aromatic carbocycles. The predicted molar refractivity (Wildman–Crippen MR) is 55.0 cm³/mol. The third-order valence-electron chi connectivity index (χ3n) is 2.04. The lowest BCUT2D eigenvalue weighted by molar-refractivity contribution is -0.386. The van der Waals surface area contributed by atoms with Gasteiger partial charge in [0.15, 0.2) is 17.8 Å². The molecule has 16 heavy (non-hydrogen) atoms. The first-order valence-electron chi connectivity index (χ1n) is 4.33. The van der Waals surface area contributed by atoms with Gasteiger partial charge in [0.25, 0.3) is 0 Å². The summed E-state index contributed by atoms with van der Waals surface area (Å²) in [6.45, 7) is 1.30. The number of hydrogen-bond acceptors (Lipinski definition) is 5. The minimum atomic E-state index is -0.716. The number of carbonyl (C=O) groups excluding carboxylic acids is 2. The highest BCUT2D eigenvalue weighted by Crippen LogP contribution is 2.31. The smallest absolute Gasteiger partial charge is 0.321 e. The predicted octanol–water partition coefficient (Wildman–Crippen LogP) is 1.62. The number of aldehydes is 1. The first-order valence-corrected chi connectivity index (χ1v) is 4.33. The van der Waals surface area contributed by atoms with E-state index in [4.69, 9.17) is 4.74 Å². The van der Waals surface area contributed by atoms with Crippen LogP contribution in [0.5, 0.6) is 5.75 Å². The van der Waals surface area contributed by atoms with Gasteiger partial charge in [0.05, 0.1) is 17.6 Å². The third kappa shape index (κ3) is 2.05. The van der Waals surface area contributed by atoms with Crippen molar-refractivity contribution in [3.63, 3.8) is 0 Å². The second kappa shape index (κ2) is 4.52. The number of nitrogens with zero attached hydrogens (tertiary/aromatic N) is 1. The molecule has 0 aromatic heterocycles. The Kier molecular flexibility index (Phi) is 3.34. The van der Waals surface area contributed by atoms with E-state index in [0.29, 0.717) is 6.29 Å². The zero-order chi connectivity index (χ0) is 12.3. The normalized spacial score (nSPS) is 9.62. The van der Waals surface area contributed by atoms with E-state index in [1.54, 1.807) is 0 Å². The van der Waals surface area contributed by atoms with E-state index in [9.17, 15) is 19.7 Å². The summed E-state index contributed by atoms with van der Waals surface area (Å²) in [4.78, 5) is 31.8. The fourth-order valence-corrected chi connectivity index (χ4v) is 1.27. The maximum Gasteiger partial charge on any atom is 0.321 e. The number of ketones is 1. The van der Waals surface area contributed by atoms with Crippen molar-refractivity contribution >= 4 is 17.8 Å². The van der Waals surface area contributed by atoms with Crippen LogP contribution in [-0.2, 0) is 0 Å². The Morgan fingerprint density at radius 3 is 2.50 bits per heavy atom. The van der Waals surface area contributed by atoms with Crippen molar-refractivity contribution in [2.75, 3.05) is 7.11 Å². The number of rotatable bonds is 4. The lowest BCUT2D eigenvalue weighted by Gasteiger charge is -2.05. The first-order chi connectivity index (χ1) is 7.51. The SMILES string of the molecule is COc1cc(C(C)=O)cc(C=O)c1[N+](=O)[O-]. The van der Waals surface area contributed by atoms with Crippen molar-refractivity contribution in [1.29, 1.82) is 0 Å². The Balaban J connectivity index is 3.55. The van der Waals surface area contributed by atoms with Gasteiger partial charge in [-0.25, -0.2) is 0 Å². The summed E-state index contributed by atoms with van der Waals surface area (Å²) in [7, 11) is 1.24. The number of nitro benzene ring substituents is 1. The van der Waals surface area contributed by atoms with Crippen molar-refractivity contribution < 1.29 is 19.2 Å². The van der Waals surface area contributed by atoms with Crippen molar-refractivity contribution in [1.82, 2.24) is 0 Å². The van der Waals surface area contributed by atoms with Gasteiger partial charge in [-0.3, -0.25) is 19.7 Å². The van der Waals surface area contributed by atoms with Crippen LogP contribution in [0.4, 0.5) is 5.69 Å². The minimum Gasteiger partial charge on any atom is -0.490 e. The Morgan fingerprint density at radius 1 is 1.50 bits per heavy atom. The largest absolute Gasteiger partial charge is 0.490 e. The molecule has 0 spiro atoms. The van der Waals surface area contributed by atoms with Gasteiger partial charge in [0, 0.05) is 5.56 Å². The van der Waals surface area contributed by atoms with Crippen LogP contribution in [-0.4, -0.2) is 24.1 Å². The van der Waals surface area contributed by atoms with Gasteiger partial charge in [-0.15, -0.1) is 0 Å². The highest BCUT2D eigenvalue weighted by Gasteiger charge is 2.22. The van der Waals surface area contributed by atoms with E-state index in [2.05, 4.69) is 0 Å². The van der Waals surface area contributed by atoms with E-state index in [0.717, 1.165) is 0 Å². The van der Waals surface area contributed by atoms with Gasteiger partial charge < -0.3 is 4.74 Å². The minimum absolute atomic E-state index is 0.0974. The maximum atomic E-state index is 11.1. The Labute approximate surface area is 91.0 Å². The lowest BCUT2D eigenvalue weighted by Crippen LogP contribution is -2.02. The molecule has 0 saturated heterocycles. The maximum absolute atomic E-state index is 11.1. The molecule has 6 heteroatoms. The fourth-order valence-electron chi connectivity index (χ4n) is 1.27. The number of methoxy groups -OCH3 is 1. The highest BCUT2D eigenvalue weighted by molar-refractivity contribution is 5.98. The summed E-state index contributed by atoms with van der Waals surface area (Å²) in [6.07, 6.45) is 0.326. The van der Waals surface area contributed by atoms with Crippen LogP contribution in [0.2, 0.25) is 0 Å². The number of nitro groups is 1. The zero-order valence-electron chi connectivity index (χ0n) is 8.72. The second-order valence-electron chi connectivity index (χ2n) is 3.05. The monoisotopic (exact) mass is 223 g/mol. The number of Topliss-reactive ketones (excluding diaryl/α,β-unsaturated/α-hetero) is 1. The van der Waals surface area contributed by atoms with Crippen molar-refractivity contribution in [2.45, 2.75) is 6.92 Å². The summed E-state index contributed by atoms with van der Waals surface area (Å²) in [5.74, 6) is -0.393. The molecule has 0 fully saturated rings. The van der Waals surface area contributed by atoms with Gasteiger partial charge >= 0.3 is 5.69 Å². The standard InChI is InChI=1S/C10H9NO5/c1-6(13)7-3-8(5-12)10(11(14)15)9(4-7)16-2/h3-5H,1-2H3. The van der Waals surface area contributed by atoms with E-state index >= 15 is 0 Å². The van der Waals surface area contributed by atoms with Crippen LogP contribution in [0.15, 0.2) is 12.1 Å². The summed E-state index contributed by atoms with van der Waals surface area (Å²) < 4.78 is 4.79. The molecule has 1 rings (SSSR count). The molecular formula is C10H9NO5. The molecule has 0 amide bonds. The highest BCUT2D eigenvalue weighted by atomic mass is 16.6. The average molecular weight is 223 g/mol. The summed E-state index contributed by atoms with van der Waals surface area (Å²) in [6, 6.07) is 2.42. The van der Waals surface area contributed by atoms with Gasteiger partial charge in [0.2, 0.25) is 0 Å². The van der Waals surface area contributed by atoms with E-state index < -0.39 is 10.6 Å². The number of ether oxygens (including phenoxy) is 1. The summed E-state index contributed by atoms with van der Waals surface area (Å²) in [5, 5.41) is 10.7. The number of hydrogen-bond donors (Lipinski definition) is 0. The molecule has 0 bridgehead atoms. The molecule has 1 aromatic rings. The fraction of sp³-hybridized carbons (Fsp3) is 0.200. The molecule has 0 aliphatic rings. The average Bonchev–Trinajstić information content (AvgIpc) is 2.26. The molecular weight excluding hydrogens is 214 g/mol. The molecule has 0 heterocycles. The molecule has 0 aliphatic carbocycles. The number of benzene rings is 1. The Bertz CT molecular complexity index is 467. The molecule has 0 atom stereocenters. The summed E-state index contributed by atoms with van der Waals surface area (Å²) in [5.41, 5.74) is -0.401. The molecule has 84 valence electrons. The van der Waals surface area contributed by atoms with Gasteiger partial charge in [0.1, 0.15) is 0 Å². The molecule has 0 N–H and O–H groups in total. The van der Waals surface area contributed by atoms with Crippen LogP contribution in [0, 0.1) is 10.1 Å². The third-order valence-corrected chi connectivity index (χ3v) is 2.04. The van der Waals surface area contributed by atoms with Crippen LogP contribution in [0.1, 0.15) is 27.6 Å². The Hall–Kier alpha value is -2.24. The quantitative estimate of drug-likeness (QED) is 0.335. The number of carbonyl (C=O) groups is 2. The van der Waals surface area contributed by atoms with Crippen molar-refractivity contribution in [3.05, 3.63) is 33.4 Å². The van der Waals surface area contributed by atoms with Crippen LogP contribution in [0.3, 0.4) is 0 Å². The van der Waals surface area contributed by atoms with Crippen molar-refractivity contribution in [2.24, 2.45) is 0 Å². The topological polar surface area (TPSA) is 86.5 Å². The van der Waals surface area contributed by atoms with Crippen molar-refractivity contribution in [3.8, 4) is 5.75 Å². The van der Waals surface area contributed by atoms with E-state index in [-0.39, 0.29) is 22.7 Å². The van der Waals surface area contributed by atoms with Crippen LogP contribution < -0.4 is 4.74 Å². The van der Waals surface area contributed by atoms with Crippen LogP contribution >= 0.6 is 0 Å². The zero-order valence-corrected chi connectivity index (χ0v) is 8.72.